The molecule has 0 aliphatic rings. The highest BCUT2D eigenvalue weighted by Gasteiger charge is 2.28. The number of halogens is 1. The maximum Gasteiger partial charge on any atom is 0.432 e. The van der Waals surface area contributed by atoms with Gasteiger partial charge in [0.25, 0.3) is 0 Å². The zero-order valence-electron chi connectivity index (χ0n) is 22.3. The van der Waals surface area contributed by atoms with Crippen molar-refractivity contribution in [2.45, 2.75) is 33.0 Å². The fraction of sp³-hybridized carbons (Fsp3) is 0.233. The Morgan fingerprint density at radius 3 is 2.42 bits per heavy atom. The van der Waals surface area contributed by atoms with Crippen molar-refractivity contribution in [1.29, 1.82) is 0 Å². The average Bonchev–Trinajstić information content (AvgIpc) is 3.49. The van der Waals surface area contributed by atoms with Gasteiger partial charge < -0.3 is 19.3 Å². The fourth-order valence-electron chi connectivity index (χ4n) is 4.42. The van der Waals surface area contributed by atoms with Crippen LogP contribution in [0.5, 0.6) is 11.5 Å². The number of rotatable bonds is 7. The monoisotopic (exact) mass is 605 g/mol. The van der Waals surface area contributed by atoms with Crippen LogP contribution in [0.15, 0.2) is 72.8 Å². The topological polar surface area (TPSA) is 105 Å². The Bertz CT molecular complexity index is 1700. The largest absolute Gasteiger partial charge is 0.493 e. The number of ether oxygens (including phenoxy) is 3. The highest BCUT2D eigenvalue weighted by atomic mass is 79.9. The van der Waals surface area contributed by atoms with Gasteiger partial charge in [-0.3, -0.25) is 0 Å². The van der Waals surface area contributed by atoms with Crippen LogP contribution in [0.3, 0.4) is 0 Å². The van der Waals surface area contributed by atoms with Crippen molar-refractivity contribution in [3.05, 3.63) is 78.4 Å². The van der Waals surface area contributed by atoms with Gasteiger partial charge >= 0.3 is 12.2 Å². The van der Waals surface area contributed by atoms with Crippen molar-refractivity contribution >= 4 is 49.9 Å². The second-order valence-electron chi connectivity index (χ2n) is 10.1. The van der Waals surface area contributed by atoms with E-state index in [1.165, 1.54) is 4.57 Å². The number of benzene rings is 3. The minimum Gasteiger partial charge on any atom is -0.493 e. The number of hydrogen-bond donors (Lipinski definition) is 1. The smallest absolute Gasteiger partial charge is 0.432 e. The molecular weight excluding hydrogens is 578 g/mol. The molecule has 3 aromatic carbocycles. The first kappa shape index (κ1) is 27.3. The van der Waals surface area contributed by atoms with Crippen molar-refractivity contribution in [2.24, 2.45) is 0 Å². The Morgan fingerprint density at radius 2 is 1.73 bits per heavy atom. The Balaban J connectivity index is 1.73. The van der Waals surface area contributed by atoms with Crippen LogP contribution >= 0.6 is 15.9 Å². The van der Waals surface area contributed by atoms with Gasteiger partial charge in [-0.05, 0) is 56.7 Å². The molecule has 0 fully saturated rings. The van der Waals surface area contributed by atoms with Crippen molar-refractivity contribution in [3.63, 3.8) is 0 Å². The third-order valence-corrected chi connectivity index (χ3v) is 6.35. The van der Waals surface area contributed by atoms with E-state index in [9.17, 15) is 14.7 Å². The first-order chi connectivity index (χ1) is 19.2. The van der Waals surface area contributed by atoms with Crippen LogP contribution in [-0.2, 0) is 11.3 Å². The fourth-order valence-corrected chi connectivity index (χ4v) is 4.59. The predicted octanol–water partition coefficient (Wildman–Crippen LogP) is 7.32. The third-order valence-electron chi connectivity index (χ3n) is 6.03. The molecule has 40 heavy (non-hydrogen) atoms. The van der Waals surface area contributed by atoms with Gasteiger partial charge in [0.05, 0.1) is 28.7 Å². The quantitative estimate of drug-likeness (QED) is 0.194. The number of fused-ring (bicyclic) bond motifs is 2. The molecule has 0 aliphatic heterocycles. The summed E-state index contributed by atoms with van der Waals surface area (Å²) < 4.78 is 20.0. The number of alkyl halides is 1. The molecular formula is C30H28BrN3O6. The molecule has 206 valence electrons. The molecule has 0 unspecified atom stereocenters. The first-order valence-corrected chi connectivity index (χ1v) is 13.8. The summed E-state index contributed by atoms with van der Waals surface area (Å²) in [6.07, 6.45) is -1.89. The number of hydrogen-bond acceptors (Lipinski definition) is 6. The highest BCUT2D eigenvalue weighted by molar-refractivity contribution is 9.09. The second kappa shape index (κ2) is 11.1. The van der Waals surface area contributed by atoms with Gasteiger partial charge in [0, 0.05) is 16.8 Å². The van der Waals surface area contributed by atoms with Crippen LogP contribution in [-0.4, -0.2) is 49.2 Å². The molecule has 0 aliphatic carbocycles. The summed E-state index contributed by atoms with van der Waals surface area (Å²) in [6.45, 7) is 6.06. The molecule has 0 bridgehead atoms. The Labute approximate surface area is 239 Å². The van der Waals surface area contributed by atoms with Crippen LogP contribution in [0.1, 0.15) is 26.3 Å². The van der Waals surface area contributed by atoms with E-state index in [-0.39, 0.29) is 12.3 Å². The van der Waals surface area contributed by atoms with Crippen LogP contribution in [0, 0.1) is 0 Å². The lowest BCUT2D eigenvalue weighted by Crippen LogP contribution is -2.27. The molecule has 0 saturated carbocycles. The maximum atomic E-state index is 13.6. The lowest BCUT2D eigenvalue weighted by atomic mass is 10.1. The number of nitrogens with zero attached hydrogens (tertiary/aromatic N) is 3. The SMILES string of the molecule is CC(C)(C)OC(=O)n1c(-c2nn(C(=O)O)c3cccc(OCc4ccccc4)c23)cc2ccc(OCCBr)cc21. The van der Waals surface area contributed by atoms with Crippen molar-refractivity contribution in [1.82, 2.24) is 14.3 Å². The summed E-state index contributed by atoms with van der Waals surface area (Å²) in [4.78, 5) is 25.9. The lowest BCUT2D eigenvalue weighted by molar-refractivity contribution is 0.0547. The van der Waals surface area contributed by atoms with E-state index in [1.807, 2.05) is 42.5 Å². The summed E-state index contributed by atoms with van der Waals surface area (Å²) in [7, 11) is 0. The maximum absolute atomic E-state index is 13.6. The zero-order valence-corrected chi connectivity index (χ0v) is 23.8. The van der Waals surface area contributed by atoms with Gasteiger partial charge in [0.1, 0.15) is 29.4 Å². The molecule has 5 rings (SSSR count). The number of carbonyl (C=O) groups excluding carboxylic acids is 1. The second-order valence-corrected chi connectivity index (χ2v) is 10.9. The molecule has 1 N–H and O–H groups in total. The van der Waals surface area contributed by atoms with Crippen molar-refractivity contribution in [3.8, 4) is 22.9 Å². The van der Waals surface area contributed by atoms with Crippen molar-refractivity contribution in [2.75, 3.05) is 11.9 Å². The van der Waals surface area contributed by atoms with E-state index in [0.717, 1.165) is 15.6 Å². The molecule has 0 saturated heterocycles. The molecule has 2 heterocycles. The standard InChI is InChI=1S/C30H28BrN3O6/c1-30(2,3)40-29(37)33-23-17-21(38-15-14-31)13-12-20(23)16-24(33)27-26-22(34(32-27)28(35)36)10-7-11-25(26)39-18-19-8-5-4-6-9-19/h4-13,16-17H,14-15,18H2,1-3H3,(H,35,36). The molecule has 0 atom stereocenters. The van der Waals surface area contributed by atoms with E-state index >= 15 is 0 Å². The van der Waals surface area contributed by atoms with Crippen molar-refractivity contribution < 1.29 is 28.9 Å². The van der Waals surface area contributed by atoms with Gasteiger partial charge in [-0.1, -0.05) is 52.3 Å². The van der Waals surface area contributed by atoms with E-state index < -0.39 is 17.8 Å². The Hall–Kier alpha value is -4.31. The van der Waals surface area contributed by atoms with Crippen LogP contribution in [0.25, 0.3) is 33.2 Å². The number of carbonyl (C=O) groups is 2. The van der Waals surface area contributed by atoms with E-state index in [0.29, 0.717) is 45.5 Å². The van der Waals surface area contributed by atoms with Gasteiger partial charge in [-0.15, -0.1) is 0 Å². The minimum absolute atomic E-state index is 0.265. The highest BCUT2D eigenvalue weighted by Crippen LogP contribution is 2.39. The predicted molar refractivity (Wildman–Crippen MR) is 156 cm³/mol. The average molecular weight is 606 g/mol. The normalized spacial score (nSPS) is 11.6. The number of carboxylic acid groups (broad SMARTS) is 1. The Morgan fingerprint density at radius 1 is 0.950 bits per heavy atom. The van der Waals surface area contributed by atoms with Crippen LogP contribution < -0.4 is 9.47 Å². The summed E-state index contributed by atoms with van der Waals surface area (Å²) in [6, 6.07) is 22.0. The Kier molecular flexibility index (Phi) is 7.53. The summed E-state index contributed by atoms with van der Waals surface area (Å²) >= 11 is 3.36. The van der Waals surface area contributed by atoms with Gasteiger partial charge in [0.15, 0.2) is 0 Å². The van der Waals surface area contributed by atoms with Gasteiger partial charge in [0.2, 0.25) is 0 Å². The third kappa shape index (κ3) is 5.53. The van der Waals surface area contributed by atoms with E-state index in [2.05, 4.69) is 21.0 Å². The molecule has 10 heteroatoms. The molecule has 0 radical (unpaired) electrons. The van der Waals surface area contributed by atoms with Gasteiger partial charge in [-0.25, -0.2) is 14.2 Å². The van der Waals surface area contributed by atoms with Crippen LogP contribution in [0.4, 0.5) is 9.59 Å². The summed E-state index contributed by atoms with van der Waals surface area (Å²) in [5, 5.41) is 16.3. The summed E-state index contributed by atoms with van der Waals surface area (Å²) in [5.74, 6) is 1.01. The van der Waals surface area contributed by atoms with Gasteiger partial charge in [-0.2, -0.15) is 9.78 Å². The lowest BCUT2D eigenvalue weighted by Gasteiger charge is -2.21. The molecule has 5 aromatic rings. The van der Waals surface area contributed by atoms with E-state index in [4.69, 9.17) is 14.2 Å². The molecule has 0 spiro atoms. The zero-order chi connectivity index (χ0) is 28.4. The first-order valence-electron chi connectivity index (χ1n) is 12.7. The molecule has 9 nitrogen and oxygen atoms in total. The minimum atomic E-state index is -1.26. The van der Waals surface area contributed by atoms with Crippen LogP contribution in [0.2, 0.25) is 0 Å². The summed E-state index contributed by atoms with van der Waals surface area (Å²) in [5.41, 5.74) is 1.67. The van der Waals surface area contributed by atoms with E-state index in [1.54, 1.807) is 51.1 Å². The molecule has 0 amide bonds. The number of aromatic nitrogens is 3. The molecule has 2 aromatic heterocycles.